The summed E-state index contributed by atoms with van der Waals surface area (Å²) in [6.07, 6.45) is 0.725. The van der Waals surface area contributed by atoms with E-state index in [-0.39, 0.29) is 6.42 Å². The molecule has 14 heavy (non-hydrogen) atoms. The lowest BCUT2D eigenvalue weighted by Crippen LogP contribution is -2.05. The SMILES string of the molecule is O=P(O)(O)C1CCC(O)C1.O=[P+](O)O. The topological polar surface area (TPSA) is 135 Å². The molecule has 2 atom stereocenters. The van der Waals surface area contributed by atoms with Crippen LogP contribution in [0.2, 0.25) is 0 Å². The van der Waals surface area contributed by atoms with Gasteiger partial charge in [0.15, 0.2) is 0 Å². The van der Waals surface area contributed by atoms with Gasteiger partial charge in [-0.15, -0.1) is 9.79 Å². The molecule has 7 nitrogen and oxygen atoms in total. The second kappa shape index (κ2) is 5.88. The van der Waals surface area contributed by atoms with E-state index in [0.717, 1.165) is 0 Å². The molecular formula is C5H13O7P2+. The molecule has 2 unspecified atom stereocenters. The first-order chi connectivity index (χ1) is 6.23. The third-order valence-electron chi connectivity index (χ3n) is 1.85. The van der Waals surface area contributed by atoms with Crippen molar-refractivity contribution in [2.24, 2.45) is 0 Å². The lowest BCUT2D eigenvalue weighted by atomic mass is 10.3. The van der Waals surface area contributed by atoms with E-state index in [9.17, 15) is 4.57 Å². The first kappa shape index (κ1) is 14.1. The van der Waals surface area contributed by atoms with Crippen LogP contribution in [0.15, 0.2) is 0 Å². The van der Waals surface area contributed by atoms with Crippen LogP contribution in [-0.2, 0) is 9.13 Å². The summed E-state index contributed by atoms with van der Waals surface area (Å²) in [6, 6.07) is 0. The lowest BCUT2D eigenvalue weighted by molar-refractivity contribution is 0.182. The maximum atomic E-state index is 10.6. The average Bonchev–Trinajstić information content (AvgIpc) is 2.32. The van der Waals surface area contributed by atoms with Crippen LogP contribution in [0.3, 0.4) is 0 Å². The smallest absolute Gasteiger partial charge is 0.393 e. The van der Waals surface area contributed by atoms with Crippen LogP contribution in [0.5, 0.6) is 0 Å². The van der Waals surface area contributed by atoms with E-state index in [1.807, 2.05) is 0 Å². The number of aliphatic hydroxyl groups is 1. The van der Waals surface area contributed by atoms with Gasteiger partial charge in [-0.25, -0.2) is 0 Å². The molecule has 1 aliphatic carbocycles. The predicted octanol–water partition coefficient (Wildman–Crippen LogP) is -0.294. The maximum absolute atomic E-state index is 10.6. The Morgan fingerprint density at radius 3 is 1.79 bits per heavy atom. The molecule has 0 aliphatic heterocycles. The van der Waals surface area contributed by atoms with E-state index in [1.54, 1.807) is 0 Å². The van der Waals surface area contributed by atoms with Gasteiger partial charge in [0.2, 0.25) is 0 Å². The Bertz CT molecular complexity index is 232. The Morgan fingerprint density at radius 2 is 1.64 bits per heavy atom. The van der Waals surface area contributed by atoms with E-state index in [1.165, 1.54) is 0 Å². The first-order valence-electron chi connectivity index (χ1n) is 3.81. The zero-order chi connectivity index (χ0) is 11.4. The molecule has 1 rings (SSSR count). The van der Waals surface area contributed by atoms with Crippen molar-refractivity contribution in [3.8, 4) is 0 Å². The van der Waals surface area contributed by atoms with Crippen molar-refractivity contribution in [3.63, 3.8) is 0 Å². The fourth-order valence-electron chi connectivity index (χ4n) is 1.24. The molecule has 0 spiro atoms. The van der Waals surface area contributed by atoms with Crippen molar-refractivity contribution in [1.29, 1.82) is 0 Å². The van der Waals surface area contributed by atoms with E-state index in [4.69, 9.17) is 29.2 Å². The normalized spacial score (nSPS) is 26.6. The second-order valence-electron chi connectivity index (χ2n) is 2.96. The standard InChI is InChI=1S/C5H11O4P.HO3P/c6-4-1-2-5(3-4)10(7,8)9;1-4(2)3/h4-6H,1-3H2,(H2,7,8,9);(H-,1,2,3)/p+1. The van der Waals surface area contributed by atoms with E-state index in [2.05, 4.69) is 0 Å². The van der Waals surface area contributed by atoms with Crippen LogP contribution in [0, 0.1) is 0 Å². The van der Waals surface area contributed by atoms with E-state index < -0.39 is 27.6 Å². The summed E-state index contributed by atoms with van der Waals surface area (Å²) in [5.74, 6) is 0. The van der Waals surface area contributed by atoms with E-state index >= 15 is 0 Å². The zero-order valence-corrected chi connectivity index (χ0v) is 9.01. The number of hydrogen-bond acceptors (Lipinski definition) is 3. The minimum absolute atomic E-state index is 0.254. The highest BCUT2D eigenvalue weighted by Gasteiger charge is 2.35. The van der Waals surface area contributed by atoms with Gasteiger partial charge in [0.05, 0.1) is 11.8 Å². The monoisotopic (exact) mass is 247 g/mol. The van der Waals surface area contributed by atoms with Gasteiger partial charge in [0.25, 0.3) is 0 Å². The van der Waals surface area contributed by atoms with Gasteiger partial charge in [-0.1, -0.05) is 0 Å². The third-order valence-corrected chi connectivity index (χ3v) is 3.27. The summed E-state index contributed by atoms with van der Waals surface area (Å²) in [7, 11) is -6.78. The maximum Gasteiger partial charge on any atom is 0.692 e. The molecule has 0 aromatic heterocycles. The molecule has 1 aliphatic rings. The molecular weight excluding hydrogens is 234 g/mol. The molecule has 0 aromatic carbocycles. The highest BCUT2D eigenvalue weighted by Crippen LogP contribution is 2.48. The summed E-state index contributed by atoms with van der Waals surface area (Å²) in [5.41, 5.74) is -0.595. The highest BCUT2D eigenvalue weighted by atomic mass is 31.2. The number of aliphatic hydroxyl groups excluding tert-OH is 1. The zero-order valence-electron chi connectivity index (χ0n) is 7.22. The van der Waals surface area contributed by atoms with Gasteiger partial charge in [0.1, 0.15) is 0 Å². The highest BCUT2D eigenvalue weighted by molar-refractivity contribution is 7.52. The summed E-state index contributed by atoms with van der Waals surface area (Å²) >= 11 is 0. The largest absolute Gasteiger partial charge is 0.692 e. The number of rotatable bonds is 1. The number of hydrogen-bond donors (Lipinski definition) is 5. The predicted molar refractivity (Wildman–Crippen MR) is 47.7 cm³/mol. The molecule has 0 saturated heterocycles. The summed E-state index contributed by atoms with van der Waals surface area (Å²) in [5, 5.41) is 8.92. The van der Waals surface area contributed by atoms with Gasteiger partial charge < -0.3 is 14.9 Å². The van der Waals surface area contributed by atoms with Gasteiger partial charge in [-0.2, -0.15) is 0 Å². The van der Waals surface area contributed by atoms with Crippen LogP contribution in [0.1, 0.15) is 19.3 Å². The Kier molecular flexibility index (Phi) is 5.93. The summed E-state index contributed by atoms with van der Waals surface area (Å²) in [4.78, 5) is 31.5. The van der Waals surface area contributed by atoms with Gasteiger partial charge in [-0.05, 0) is 19.3 Å². The quantitative estimate of drug-likeness (QED) is 0.401. The first-order valence-corrected chi connectivity index (χ1v) is 6.66. The minimum Gasteiger partial charge on any atom is -0.393 e. The van der Waals surface area contributed by atoms with Crippen molar-refractivity contribution < 1.29 is 33.8 Å². The fourth-order valence-corrected chi connectivity index (χ4v) is 2.24. The lowest BCUT2D eigenvalue weighted by Gasteiger charge is -2.09. The Morgan fingerprint density at radius 1 is 1.21 bits per heavy atom. The molecule has 0 radical (unpaired) electrons. The molecule has 1 saturated carbocycles. The summed E-state index contributed by atoms with van der Waals surface area (Å²) in [6.45, 7) is 0. The van der Waals surface area contributed by atoms with Crippen LogP contribution >= 0.6 is 15.9 Å². The Balaban J connectivity index is 0.000000364. The molecule has 84 valence electrons. The second-order valence-corrected chi connectivity index (χ2v) is 5.38. The Labute approximate surface area is 81.5 Å². The van der Waals surface area contributed by atoms with Crippen LogP contribution in [-0.4, -0.2) is 36.4 Å². The molecule has 0 amide bonds. The van der Waals surface area contributed by atoms with Crippen molar-refractivity contribution in [1.82, 2.24) is 0 Å². The van der Waals surface area contributed by atoms with Crippen LogP contribution in [0.4, 0.5) is 0 Å². The third kappa shape index (κ3) is 6.56. The van der Waals surface area contributed by atoms with Crippen LogP contribution < -0.4 is 0 Å². The minimum atomic E-state index is -3.91. The molecule has 0 heterocycles. The van der Waals surface area contributed by atoms with Crippen molar-refractivity contribution in [2.45, 2.75) is 31.0 Å². The van der Waals surface area contributed by atoms with Crippen molar-refractivity contribution >= 4 is 15.9 Å². The fraction of sp³-hybridized carbons (Fsp3) is 1.00. The van der Waals surface area contributed by atoms with Crippen molar-refractivity contribution in [3.05, 3.63) is 0 Å². The molecule has 0 bridgehead atoms. The van der Waals surface area contributed by atoms with E-state index in [0.29, 0.717) is 12.8 Å². The van der Waals surface area contributed by atoms with Crippen molar-refractivity contribution in [2.75, 3.05) is 0 Å². The van der Waals surface area contributed by atoms with Gasteiger partial charge in [0, 0.05) is 4.57 Å². The molecule has 5 N–H and O–H groups in total. The molecule has 0 aromatic rings. The van der Waals surface area contributed by atoms with Crippen LogP contribution in [0.25, 0.3) is 0 Å². The van der Waals surface area contributed by atoms with Gasteiger partial charge >= 0.3 is 15.9 Å². The summed E-state index contributed by atoms with van der Waals surface area (Å²) < 4.78 is 19.3. The Hall–Kier alpha value is 0.130. The molecule has 1 fully saturated rings. The van der Waals surface area contributed by atoms with Gasteiger partial charge in [-0.3, -0.25) is 4.57 Å². The average molecular weight is 247 g/mol. The molecule has 9 heteroatoms.